The molecule has 0 aromatic carbocycles. The minimum atomic E-state index is -0.966. The molecular weight excluding hydrogens is 244 g/mol. The lowest BCUT2D eigenvalue weighted by Gasteiger charge is -2.20. The molecule has 0 unspecified atom stereocenters. The van der Waals surface area contributed by atoms with Gasteiger partial charge in [0.05, 0.1) is 0 Å². The molecule has 3 rings (SSSR count). The summed E-state index contributed by atoms with van der Waals surface area (Å²) in [6.45, 7) is 2.08. The fraction of sp³-hybridized carbons (Fsp3) is 0.462. The minimum absolute atomic E-state index is 0.201. The van der Waals surface area contributed by atoms with E-state index < -0.39 is 5.97 Å². The van der Waals surface area contributed by atoms with E-state index in [2.05, 4.69) is 15.4 Å². The van der Waals surface area contributed by atoms with Gasteiger partial charge in [-0.15, -0.1) is 0 Å². The van der Waals surface area contributed by atoms with Crippen molar-refractivity contribution in [3.05, 3.63) is 29.7 Å². The molecule has 2 N–H and O–H groups in total. The largest absolute Gasteiger partial charge is 0.478 e. The van der Waals surface area contributed by atoms with Crippen LogP contribution in [0.4, 0.5) is 0 Å². The molecule has 1 aliphatic heterocycles. The van der Waals surface area contributed by atoms with Crippen molar-refractivity contribution in [2.24, 2.45) is 5.92 Å². The Morgan fingerprint density at radius 1 is 1.47 bits per heavy atom. The lowest BCUT2D eigenvalue weighted by atomic mass is 9.94. The molecule has 0 radical (unpaired) electrons. The van der Waals surface area contributed by atoms with Gasteiger partial charge in [0.25, 0.3) is 0 Å². The van der Waals surface area contributed by atoms with Crippen LogP contribution in [0.5, 0.6) is 0 Å². The Kier molecular flexibility index (Phi) is 3.16. The zero-order chi connectivity index (χ0) is 13.2. The number of pyridine rings is 1. The minimum Gasteiger partial charge on any atom is -0.478 e. The van der Waals surface area contributed by atoms with Gasteiger partial charge in [-0.05, 0) is 44.0 Å². The topological polar surface area (TPSA) is 79.5 Å². The summed E-state index contributed by atoms with van der Waals surface area (Å²) in [5, 5.41) is 16.8. The summed E-state index contributed by atoms with van der Waals surface area (Å²) in [5.74, 6) is 0.360. The third-order valence-corrected chi connectivity index (χ3v) is 3.57. The number of rotatable bonds is 3. The van der Waals surface area contributed by atoms with Gasteiger partial charge in [0, 0.05) is 12.6 Å². The van der Waals surface area contributed by atoms with Crippen LogP contribution in [-0.2, 0) is 6.42 Å². The zero-order valence-corrected chi connectivity index (χ0v) is 10.5. The predicted molar refractivity (Wildman–Crippen MR) is 69.2 cm³/mol. The Morgan fingerprint density at radius 2 is 2.26 bits per heavy atom. The Hall–Kier alpha value is -1.95. The number of hydrogen-bond acceptors (Lipinski definition) is 4. The molecule has 2 aromatic rings. The van der Waals surface area contributed by atoms with Gasteiger partial charge in [-0.25, -0.2) is 14.3 Å². The van der Waals surface area contributed by atoms with Crippen LogP contribution in [0.1, 0.15) is 29.0 Å². The molecule has 6 heteroatoms. The summed E-state index contributed by atoms with van der Waals surface area (Å²) >= 11 is 0. The number of carbonyl (C=O) groups is 1. The van der Waals surface area contributed by atoms with E-state index in [9.17, 15) is 4.79 Å². The number of piperidine rings is 1. The summed E-state index contributed by atoms with van der Waals surface area (Å²) in [4.78, 5) is 15.5. The SMILES string of the molecule is O=C(O)c1cccn2nc(CC3CCNCC3)nc12. The second kappa shape index (κ2) is 4.97. The molecule has 1 aliphatic rings. The van der Waals surface area contributed by atoms with Crippen molar-refractivity contribution in [2.75, 3.05) is 13.1 Å². The summed E-state index contributed by atoms with van der Waals surface area (Å²) in [5.41, 5.74) is 0.630. The molecule has 1 fully saturated rings. The second-order valence-corrected chi connectivity index (χ2v) is 4.92. The van der Waals surface area contributed by atoms with Crippen molar-refractivity contribution in [2.45, 2.75) is 19.3 Å². The first-order chi connectivity index (χ1) is 9.24. The Balaban J connectivity index is 1.88. The molecule has 100 valence electrons. The molecule has 0 bridgehead atoms. The number of aromatic nitrogens is 3. The predicted octanol–water partition coefficient (Wildman–Crippen LogP) is 0.970. The molecular formula is C13H16N4O2. The highest BCUT2D eigenvalue weighted by atomic mass is 16.4. The smallest absolute Gasteiger partial charge is 0.339 e. The molecule has 0 saturated carbocycles. The monoisotopic (exact) mass is 260 g/mol. The van der Waals surface area contributed by atoms with Gasteiger partial charge in [-0.1, -0.05) is 0 Å². The average Bonchev–Trinajstić information content (AvgIpc) is 2.81. The van der Waals surface area contributed by atoms with Crippen LogP contribution in [0, 0.1) is 5.92 Å². The molecule has 0 amide bonds. The molecule has 0 spiro atoms. The maximum absolute atomic E-state index is 11.1. The third kappa shape index (κ3) is 2.44. The third-order valence-electron chi connectivity index (χ3n) is 3.57. The highest BCUT2D eigenvalue weighted by Gasteiger charge is 2.18. The van der Waals surface area contributed by atoms with Gasteiger partial charge in [0.15, 0.2) is 11.5 Å². The lowest BCUT2D eigenvalue weighted by molar-refractivity contribution is 0.0698. The van der Waals surface area contributed by atoms with Crippen molar-refractivity contribution >= 4 is 11.6 Å². The van der Waals surface area contributed by atoms with Gasteiger partial charge in [-0.3, -0.25) is 0 Å². The Bertz CT molecular complexity index is 602. The van der Waals surface area contributed by atoms with Crippen molar-refractivity contribution in [1.82, 2.24) is 19.9 Å². The van der Waals surface area contributed by atoms with E-state index in [0.717, 1.165) is 38.2 Å². The lowest BCUT2D eigenvalue weighted by Crippen LogP contribution is -2.28. The van der Waals surface area contributed by atoms with Crippen molar-refractivity contribution < 1.29 is 9.90 Å². The van der Waals surface area contributed by atoms with E-state index in [1.807, 2.05) is 0 Å². The van der Waals surface area contributed by atoms with E-state index in [4.69, 9.17) is 5.11 Å². The van der Waals surface area contributed by atoms with Gasteiger partial charge < -0.3 is 10.4 Å². The Morgan fingerprint density at radius 3 is 3.00 bits per heavy atom. The summed E-state index contributed by atoms with van der Waals surface area (Å²) in [6.07, 6.45) is 4.81. The fourth-order valence-electron chi connectivity index (χ4n) is 2.55. The molecule has 1 saturated heterocycles. The van der Waals surface area contributed by atoms with Gasteiger partial charge in [0.2, 0.25) is 0 Å². The van der Waals surface area contributed by atoms with Crippen LogP contribution in [0.3, 0.4) is 0 Å². The first-order valence-electron chi connectivity index (χ1n) is 6.52. The number of hydrogen-bond donors (Lipinski definition) is 2. The quantitative estimate of drug-likeness (QED) is 0.859. The molecule has 19 heavy (non-hydrogen) atoms. The maximum Gasteiger partial charge on any atom is 0.339 e. The van der Waals surface area contributed by atoms with E-state index in [-0.39, 0.29) is 5.56 Å². The highest BCUT2D eigenvalue weighted by molar-refractivity contribution is 5.94. The summed E-state index contributed by atoms with van der Waals surface area (Å²) in [6, 6.07) is 3.24. The first kappa shape index (κ1) is 12.1. The number of carboxylic acid groups (broad SMARTS) is 1. The normalized spacial score (nSPS) is 16.8. The van der Waals surface area contributed by atoms with E-state index in [1.165, 1.54) is 0 Å². The molecule has 0 aliphatic carbocycles. The summed E-state index contributed by atoms with van der Waals surface area (Å²) in [7, 11) is 0. The van der Waals surface area contributed by atoms with Crippen LogP contribution in [0.2, 0.25) is 0 Å². The first-order valence-corrected chi connectivity index (χ1v) is 6.52. The number of nitrogens with zero attached hydrogens (tertiary/aromatic N) is 3. The van der Waals surface area contributed by atoms with Crippen LogP contribution < -0.4 is 5.32 Å². The van der Waals surface area contributed by atoms with Gasteiger partial charge in [-0.2, -0.15) is 5.10 Å². The number of fused-ring (bicyclic) bond motifs is 1. The van der Waals surface area contributed by atoms with Crippen molar-refractivity contribution in [3.8, 4) is 0 Å². The van der Waals surface area contributed by atoms with Crippen molar-refractivity contribution in [3.63, 3.8) is 0 Å². The highest BCUT2D eigenvalue weighted by Crippen LogP contribution is 2.17. The standard InChI is InChI=1S/C13H16N4O2/c18-13(19)10-2-1-7-17-12(10)15-11(16-17)8-9-3-5-14-6-4-9/h1-2,7,9,14H,3-6,8H2,(H,18,19). The molecule has 3 heterocycles. The van der Waals surface area contributed by atoms with E-state index in [0.29, 0.717) is 11.6 Å². The van der Waals surface area contributed by atoms with Gasteiger partial charge in [0.1, 0.15) is 5.56 Å². The van der Waals surface area contributed by atoms with Gasteiger partial charge >= 0.3 is 5.97 Å². The zero-order valence-electron chi connectivity index (χ0n) is 10.5. The van der Waals surface area contributed by atoms with Crippen LogP contribution in [-0.4, -0.2) is 38.8 Å². The Labute approximate surface area is 110 Å². The maximum atomic E-state index is 11.1. The van der Waals surface area contributed by atoms with E-state index in [1.54, 1.807) is 22.8 Å². The van der Waals surface area contributed by atoms with E-state index >= 15 is 0 Å². The fourth-order valence-corrected chi connectivity index (χ4v) is 2.55. The van der Waals surface area contributed by atoms with Crippen molar-refractivity contribution in [1.29, 1.82) is 0 Å². The molecule has 0 atom stereocenters. The van der Waals surface area contributed by atoms with Crippen LogP contribution >= 0.6 is 0 Å². The molecule has 2 aromatic heterocycles. The molecule has 6 nitrogen and oxygen atoms in total. The number of carboxylic acids is 1. The number of nitrogens with one attached hydrogen (secondary N) is 1. The van der Waals surface area contributed by atoms with Crippen LogP contribution in [0.25, 0.3) is 5.65 Å². The van der Waals surface area contributed by atoms with Crippen LogP contribution in [0.15, 0.2) is 18.3 Å². The number of aromatic carboxylic acids is 1. The average molecular weight is 260 g/mol. The second-order valence-electron chi connectivity index (χ2n) is 4.92. The summed E-state index contributed by atoms with van der Waals surface area (Å²) < 4.78 is 1.56.